The Morgan fingerprint density at radius 3 is 1.40 bits per heavy atom. The number of hydrogen-bond donors (Lipinski definition) is 2. The van der Waals surface area contributed by atoms with E-state index in [-0.39, 0.29) is 24.2 Å². The van der Waals surface area contributed by atoms with Gasteiger partial charge in [0.1, 0.15) is 21.1 Å². The molecule has 3 N–H and O–H groups in total. The van der Waals surface area contributed by atoms with Crippen molar-refractivity contribution in [3.63, 3.8) is 0 Å². The van der Waals surface area contributed by atoms with Crippen molar-refractivity contribution in [3.05, 3.63) is 193 Å². The number of thiazole rings is 3. The van der Waals surface area contributed by atoms with E-state index in [2.05, 4.69) is 136 Å². The molecule has 0 amide bonds. The third-order valence-corrected chi connectivity index (χ3v) is 10.5. The minimum atomic E-state index is 0.0105. The molecule has 3 aromatic heterocycles. The van der Waals surface area contributed by atoms with E-state index in [1.807, 2.05) is 54.5 Å². The van der Waals surface area contributed by atoms with E-state index in [0.717, 1.165) is 20.7 Å². The van der Waals surface area contributed by atoms with Crippen LogP contribution < -0.4 is 11.1 Å². The summed E-state index contributed by atoms with van der Waals surface area (Å²) in [5.41, 5.74) is 11.4. The van der Waals surface area contributed by atoms with E-state index in [1.54, 1.807) is 46.3 Å². The second-order valence-corrected chi connectivity index (χ2v) is 14.4. The summed E-state index contributed by atoms with van der Waals surface area (Å²) in [4.78, 5) is 17.7. The molecule has 0 radical (unpaired) electrons. The molecule has 2 atom stereocenters. The lowest BCUT2D eigenvalue weighted by molar-refractivity contribution is 0.514. The zero-order valence-corrected chi connectivity index (χ0v) is 32.8. The molecule has 0 aliphatic heterocycles. The second-order valence-electron chi connectivity index (χ2n) is 11.7. The number of benzene rings is 4. The zero-order chi connectivity index (χ0) is 37.7. The fourth-order valence-electron chi connectivity index (χ4n) is 5.17. The quantitative estimate of drug-likeness (QED) is 0.134. The van der Waals surface area contributed by atoms with Crippen molar-refractivity contribution >= 4 is 39.7 Å². The molecular weight excluding hydrogens is 711 g/mol. The fourth-order valence-corrected chi connectivity index (χ4v) is 7.02. The summed E-state index contributed by atoms with van der Waals surface area (Å²) in [6.45, 7) is 7.55. The Labute approximate surface area is 325 Å². The Kier molecular flexibility index (Phi) is 17.4. The number of aromatic nitrogens is 3. The minimum Gasteiger partial charge on any atom is -0.322 e. The molecule has 7 aromatic rings. The molecule has 10 heteroatoms. The van der Waals surface area contributed by atoms with Crippen molar-refractivity contribution < 1.29 is 0 Å². The maximum atomic E-state index is 7.32. The molecule has 3 heterocycles. The number of nitrogens with two attached hydrogens (primary N) is 1. The topological polar surface area (TPSA) is 113 Å². The van der Waals surface area contributed by atoms with E-state index in [1.165, 1.54) is 29.2 Å². The molecule has 0 aliphatic carbocycles. The Balaban J connectivity index is 0.000000185. The highest BCUT2D eigenvalue weighted by molar-refractivity contribution is 7.11. The highest BCUT2D eigenvalue weighted by Gasteiger charge is 2.18. The SMILES string of the molecule is CC#N.CC(=NC(c1ccccc1)c1ccccc1)c1nccs1.C[C@@H](N)c1nccs1.C[C@@H](NC(c1ccccc1)c1ccccc1)c1nccs1. The molecule has 7 rings (SSSR count). The minimum absolute atomic E-state index is 0.0105. The monoisotopic (exact) mass is 755 g/mol. The molecule has 270 valence electrons. The molecule has 0 saturated carbocycles. The van der Waals surface area contributed by atoms with Gasteiger partial charge in [-0.05, 0) is 43.0 Å². The first-order valence-electron chi connectivity index (χ1n) is 17.2. The number of nitrogens with zero attached hydrogens (tertiary/aromatic N) is 5. The molecule has 0 spiro atoms. The van der Waals surface area contributed by atoms with Crippen molar-refractivity contribution in [2.75, 3.05) is 0 Å². The average molecular weight is 756 g/mol. The van der Waals surface area contributed by atoms with Gasteiger partial charge in [0, 0.05) is 41.7 Å². The van der Waals surface area contributed by atoms with E-state index in [9.17, 15) is 0 Å². The van der Waals surface area contributed by atoms with Gasteiger partial charge in [0.15, 0.2) is 0 Å². The third kappa shape index (κ3) is 13.4. The lowest BCUT2D eigenvalue weighted by Gasteiger charge is -2.23. The van der Waals surface area contributed by atoms with Crippen LogP contribution in [0, 0.1) is 11.3 Å². The van der Waals surface area contributed by atoms with Crippen LogP contribution in [0.1, 0.15) is 89.1 Å². The summed E-state index contributed by atoms with van der Waals surface area (Å²) in [6.07, 6.45) is 5.45. The molecule has 0 saturated heterocycles. The van der Waals surface area contributed by atoms with E-state index < -0.39 is 0 Å². The number of nitriles is 1. The molecule has 0 fully saturated rings. The van der Waals surface area contributed by atoms with Crippen LogP contribution >= 0.6 is 34.0 Å². The first kappa shape index (κ1) is 40.6. The number of rotatable bonds is 10. The van der Waals surface area contributed by atoms with Crippen LogP contribution in [0.25, 0.3) is 0 Å². The maximum Gasteiger partial charge on any atom is 0.136 e. The van der Waals surface area contributed by atoms with Crippen LogP contribution in [0.15, 0.2) is 161 Å². The standard InChI is InChI=1S/C18H18N2S.C18H16N2S.C5H8N2S.C2H3N/c2*1-14(18-19-12-13-21-18)20-17(15-8-4-2-5-9-15)16-10-6-3-7-11-16;1-4(6)5-7-2-3-8-5;1-2-3/h2-14,17,20H,1H3;2-13,17H,1H3;2-4H,6H2,1H3;1H3/t14-;;4-;/m1.1./s1. The molecule has 0 aliphatic rings. The van der Waals surface area contributed by atoms with Gasteiger partial charge in [-0.1, -0.05) is 121 Å². The Morgan fingerprint density at radius 2 is 1.04 bits per heavy atom. The largest absolute Gasteiger partial charge is 0.322 e. The summed E-state index contributed by atoms with van der Waals surface area (Å²) in [5, 5.41) is 20.1. The zero-order valence-electron chi connectivity index (χ0n) is 30.4. The predicted molar refractivity (Wildman–Crippen MR) is 223 cm³/mol. The van der Waals surface area contributed by atoms with Gasteiger partial charge in [-0.3, -0.25) is 10.3 Å². The lowest BCUT2D eigenvalue weighted by Crippen LogP contribution is -2.25. The van der Waals surface area contributed by atoms with Crippen molar-refractivity contribution in [3.8, 4) is 6.07 Å². The van der Waals surface area contributed by atoms with Gasteiger partial charge >= 0.3 is 0 Å². The highest BCUT2D eigenvalue weighted by Crippen LogP contribution is 2.28. The van der Waals surface area contributed by atoms with Gasteiger partial charge in [-0.25, -0.2) is 15.0 Å². The third-order valence-electron chi connectivity index (χ3n) is 7.64. The van der Waals surface area contributed by atoms with Gasteiger partial charge in [0.2, 0.25) is 0 Å². The van der Waals surface area contributed by atoms with Crippen LogP contribution in [0.4, 0.5) is 0 Å². The molecule has 0 bridgehead atoms. The van der Waals surface area contributed by atoms with Crippen LogP contribution in [-0.2, 0) is 0 Å². The predicted octanol–water partition coefficient (Wildman–Crippen LogP) is 11.0. The first-order valence-corrected chi connectivity index (χ1v) is 19.8. The van der Waals surface area contributed by atoms with Gasteiger partial charge in [-0.2, -0.15) is 5.26 Å². The molecule has 53 heavy (non-hydrogen) atoms. The van der Waals surface area contributed by atoms with Gasteiger partial charge in [-0.15, -0.1) is 34.0 Å². The summed E-state index contributed by atoms with van der Waals surface area (Å²) < 4.78 is 0. The van der Waals surface area contributed by atoms with Crippen molar-refractivity contribution in [1.29, 1.82) is 5.26 Å². The van der Waals surface area contributed by atoms with E-state index in [0.29, 0.717) is 0 Å². The summed E-state index contributed by atoms with van der Waals surface area (Å²) in [6, 6.07) is 44.1. The Morgan fingerprint density at radius 1 is 0.642 bits per heavy atom. The normalized spacial score (nSPS) is 11.8. The molecule has 4 aromatic carbocycles. The first-order chi connectivity index (χ1) is 25.9. The summed E-state index contributed by atoms with van der Waals surface area (Å²) in [5.74, 6) is 0. The number of hydrogen-bond acceptors (Lipinski definition) is 10. The maximum absolute atomic E-state index is 7.32. The van der Waals surface area contributed by atoms with E-state index >= 15 is 0 Å². The van der Waals surface area contributed by atoms with E-state index in [4.69, 9.17) is 16.0 Å². The van der Waals surface area contributed by atoms with Crippen molar-refractivity contribution in [2.45, 2.75) is 51.9 Å². The van der Waals surface area contributed by atoms with Crippen LogP contribution in [0.5, 0.6) is 0 Å². The molecular formula is C43H45N7S3. The highest BCUT2D eigenvalue weighted by atomic mass is 32.1. The van der Waals surface area contributed by atoms with Crippen molar-refractivity contribution in [1.82, 2.24) is 20.3 Å². The smallest absolute Gasteiger partial charge is 0.136 e. The van der Waals surface area contributed by atoms with Crippen LogP contribution in [-0.4, -0.2) is 20.7 Å². The molecule has 7 nitrogen and oxygen atoms in total. The second kappa shape index (κ2) is 22.7. The fraction of sp³-hybridized carbons (Fsp3) is 0.186. The average Bonchev–Trinajstić information content (AvgIpc) is 4.03. The molecule has 0 unspecified atom stereocenters. The Bertz CT molecular complexity index is 1930. The van der Waals surface area contributed by atoms with Gasteiger partial charge in [0.05, 0.1) is 29.9 Å². The van der Waals surface area contributed by atoms with Crippen LogP contribution in [0.3, 0.4) is 0 Å². The summed E-state index contributed by atoms with van der Waals surface area (Å²) >= 11 is 4.91. The summed E-state index contributed by atoms with van der Waals surface area (Å²) in [7, 11) is 0. The lowest BCUT2D eigenvalue weighted by atomic mass is 9.98. The number of nitrogens with one attached hydrogen (secondary N) is 1. The van der Waals surface area contributed by atoms with Gasteiger partial charge < -0.3 is 5.73 Å². The van der Waals surface area contributed by atoms with Crippen LogP contribution in [0.2, 0.25) is 0 Å². The number of aliphatic imine (C=N–C) groups is 1. The van der Waals surface area contributed by atoms with Crippen molar-refractivity contribution in [2.24, 2.45) is 10.7 Å². The Hall–Kier alpha value is -5.15. The van der Waals surface area contributed by atoms with Gasteiger partial charge in [0.25, 0.3) is 0 Å².